The zero-order chi connectivity index (χ0) is 20.8. The first-order chi connectivity index (χ1) is 13.9. The van der Waals surface area contributed by atoms with Crippen molar-refractivity contribution in [3.05, 3.63) is 58.9 Å². The molecule has 2 aromatic carbocycles. The fourth-order valence-corrected chi connectivity index (χ4v) is 2.58. The van der Waals surface area contributed by atoms with E-state index in [0.29, 0.717) is 22.6 Å². The van der Waals surface area contributed by atoms with Gasteiger partial charge in [-0.25, -0.2) is 4.39 Å². The molecule has 0 saturated carbocycles. The number of nitrogens with one attached hydrogen (secondary N) is 3. The molecule has 0 bridgehead atoms. The minimum absolute atomic E-state index is 0.109. The van der Waals surface area contributed by atoms with Gasteiger partial charge in [-0.3, -0.25) is 14.4 Å². The summed E-state index contributed by atoms with van der Waals surface area (Å²) in [5, 5.41) is 7.65. The molecule has 152 valence electrons. The summed E-state index contributed by atoms with van der Waals surface area (Å²) in [6.07, 6.45) is 0. The van der Waals surface area contributed by atoms with Crippen LogP contribution in [-0.2, 0) is 4.79 Å². The second-order valence-corrected chi connectivity index (χ2v) is 6.32. The minimum Gasteiger partial charge on any atom is -0.454 e. The molecule has 9 heteroatoms. The quantitative estimate of drug-likeness (QED) is 0.604. The number of hydrogen-bond donors (Lipinski definition) is 3. The summed E-state index contributed by atoms with van der Waals surface area (Å²) in [4.78, 5) is 35.9. The summed E-state index contributed by atoms with van der Waals surface area (Å²) in [6.45, 7) is 1.83. The minimum atomic E-state index is -0.454. The molecule has 8 nitrogen and oxygen atoms in total. The Morgan fingerprint density at radius 2 is 1.55 bits per heavy atom. The molecule has 0 fully saturated rings. The summed E-state index contributed by atoms with van der Waals surface area (Å²) in [6, 6.07) is 8.95. The third kappa shape index (κ3) is 5.22. The van der Waals surface area contributed by atoms with Crippen molar-refractivity contribution >= 4 is 17.7 Å². The number of carbonyl (C=O) groups excluding carboxylic acids is 3. The summed E-state index contributed by atoms with van der Waals surface area (Å²) in [5.74, 6) is -0.678. The van der Waals surface area contributed by atoms with Gasteiger partial charge in [-0.05, 0) is 42.8 Å². The summed E-state index contributed by atoms with van der Waals surface area (Å²) in [5.41, 5.74) is 1.01. The lowest BCUT2D eigenvalue weighted by molar-refractivity contribution is -0.120. The molecule has 3 N–H and O–H groups in total. The molecule has 0 aromatic heterocycles. The van der Waals surface area contributed by atoms with Crippen LogP contribution in [0.3, 0.4) is 0 Å². The van der Waals surface area contributed by atoms with Gasteiger partial charge in [0.1, 0.15) is 5.82 Å². The second-order valence-electron chi connectivity index (χ2n) is 6.32. The van der Waals surface area contributed by atoms with E-state index in [9.17, 15) is 18.8 Å². The molecule has 3 rings (SSSR count). The normalized spacial score (nSPS) is 11.7. The summed E-state index contributed by atoms with van der Waals surface area (Å²) >= 11 is 0. The number of benzene rings is 2. The van der Waals surface area contributed by atoms with Crippen molar-refractivity contribution < 1.29 is 28.2 Å². The van der Waals surface area contributed by atoms with E-state index < -0.39 is 23.5 Å². The van der Waals surface area contributed by atoms with Gasteiger partial charge in [0.05, 0.1) is 6.54 Å². The number of amides is 3. The third-order valence-corrected chi connectivity index (χ3v) is 4.21. The number of hydrogen-bond acceptors (Lipinski definition) is 5. The molecule has 0 spiro atoms. The van der Waals surface area contributed by atoms with Gasteiger partial charge in [-0.2, -0.15) is 0 Å². The Labute approximate surface area is 166 Å². The summed E-state index contributed by atoms with van der Waals surface area (Å²) in [7, 11) is 0. The maximum Gasteiger partial charge on any atom is 0.251 e. The van der Waals surface area contributed by atoms with E-state index >= 15 is 0 Å². The molecule has 0 unspecified atom stereocenters. The van der Waals surface area contributed by atoms with Crippen LogP contribution in [0.2, 0.25) is 0 Å². The number of ether oxygens (including phenoxy) is 2. The van der Waals surface area contributed by atoms with Crippen molar-refractivity contribution in [1.82, 2.24) is 16.0 Å². The molecule has 1 heterocycles. The number of halogens is 1. The van der Waals surface area contributed by atoms with Crippen LogP contribution in [0, 0.1) is 12.7 Å². The number of rotatable bonds is 7. The van der Waals surface area contributed by atoms with Gasteiger partial charge >= 0.3 is 0 Å². The molecule has 3 amide bonds. The molecule has 1 aliphatic rings. The molecule has 1 aliphatic heterocycles. The monoisotopic (exact) mass is 401 g/mol. The predicted octanol–water partition coefficient (Wildman–Crippen LogP) is 1.14. The van der Waals surface area contributed by atoms with Crippen LogP contribution in [0.25, 0.3) is 0 Å². The molecule has 0 saturated heterocycles. The van der Waals surface area contributed by atoms with Gasteiger partial charge in [-0.1, -0.05) is 6.07 Å². The smallest absolute Gasteiger partial charge is 0.251 e. The van der Waals surface area contributed by atoms with Gasteiger partial charge in [0.25, 0.3) is 11.8 Å². The van der Waals surface area contributed by atoms with Crippen LogP contribution < -0.4 is 25.4 Å². The lowest BCUT2D eigenvalue weighted by Crippen LogP contribution is -2.40. The summed E-state index contributed by atoms with van der Waals surface area (Å²) < 4.78 is 23.9. The molecule has 0 aliphatic carbocycles. The Kier molecular flexibility index (Phi) is 6.28. The molecule has 0 atom stereocenters. The van der Waals surface area contributed by atoms with Crippen LogP contribution in [0.1, 0.15) is 26.3 Å². The van der Waals surface area contributed by atoms with Crippen molar-refractivity contribution in [3.8, 4) is 11.5 Å². The molecular formula is C20H20FN3O5. The lowest BCUT2D eigenvalue weighted by Gasteiger charge is -2.09. The van der Waals surface area contributed by atoms with Gasteiger partial charge in [0.2, 0.25) is 12.7 Å². The predicted molar refractivity (Wildman–Crippen MR) is 101 cm³/mol. The molecule has 2 aromatic rings. The zero-order valence-corrected chi connectivity index (χ0v) is 15.7. The van der Waals surface area contributed by atoms with Crippen LogP contribution in [0.5, 0.6) is 11.5 Å². The van der Waals surface area contributed by atoms with E-state index in [0.717, 1.165) is 6.07 Å². The van der Waals surface area contributed by atoms with Crippen molar-refractivity contribution in [2.45, 2.75) is 6.92 Å². The van der Waals surface area contributed by atoms with E-state index in [1.54, 1.807) is 25.1 Å². The van der Waals surface area contributed by atoms with Crippen LogP contribution in [-0.4, -0.2) is 44.1 Å². The van der Waals surface area contributed by atoms with Crippen molar-refractivity contribution in [2.75, 3.05) is 26.4 Å². The van der Waals surface area contributed by atoms with E-state index in [1.165, 1.54) is 12.1 Å². The van der Waals surface area contributed by atoms with Gasteiger partial charge < -0.3 is 25.4 Å². The second kappa shape index (κ2) is 9.05. The van der Waals surface area contributed by atoms with E-state index in [1.807, 2.05) is 0 Å². The number of fused-ring (bicyclic) bond motifs is 1. The third-order valence-electron chi connectivity index (χ3n) is 4.21. The lowest BCUT2D eigenvalue weighted by atomic mass is 10.1. The topological polar surface area (TPSA) is 106 Å². The van der Waals surface area contributed by atoms with Gasteiger partial charge in [0.15, 0.2) is 11.5 Å². The average Bonchev–Trinajstić information content (AvgIpc) is 3.19. The van der Waals surface area contributed by atoms with Crippen LogP contribution in [0.15, 0.2) is 36.4 Å². The molecule has 29 heavy (non-hydrogen) atoms. The highest BCUT2D eigenvalue weighted by Gasteiger charge is 2.16. The highest BCUT2D eigenvalue weighted by atomic mass is 19.1. The standard InChI is InChI=1S/C20H20FN3O5/c1-12-2-3-13(8-15(12)21)19(26)23-7-6-22-18(25)10-24-20(27)14-4-5-16-17(9-14)29-11-28-16/h2-5,8-9H,6-7,10-11H2,1H3,(H,22,25)(H,23,26)(H,24,27). The highest BCUT2D eigenvalue weighted by Crippen LogP contribution is 2.32. The first kappa shape index (κ1) is 20.1. The van der Waals surface area contributed by atoms with Crippen LogP contribution >= 0.6 is 0 Å². The van der Waals surface area contributed by atoms with E-state index in [-0.39, 0.29) is 32.0 Å². The van der Waals surface area contributed by atoms with E-state index in [4.69, 9.17) is 9.47 Å². The van der Waals surface area contributed by atoms with E-state index in [2.05, 4.69) is 16.0 Å². The maximum atomic E-state index is 13.5. The Morgan fingerprint density at radius 1 is 0.897 bits per heavy atom. The molecule has 0 radical (unpaired) electrons. The largest absolute Gasteiger partial charge is 0.454 e. The Hall–Kier alpha value is -3.62. The highest BCUT2D eigenvalue weighted by molar-refractivity contribution is 5.97. The van der Waals surface area contributed by atoms with Gasteiger partial charge in [-0.15, -0.1) is 0 Å². The van der Waals surface area contributed by atoms with Crippen molar-refractivity contribution in [1.29, 1.82) is 0 Å². The number of aryl methyl sites for hydroxylation is 1. The number of carbonyl (C=O) groups is 3. The van der Waals surface area contributed by atoms with Crippen molar-refractivity contribution in [3.63, 3.8) is 0 Å². The fraction of sp³-hybridized carbons (Fsp3) is 0.250. The Balaban J connectivity index is 1.36. The van der Waals surface area contributed by atoms with Gasteiger partial charge in [0, 0.05) is 24.2 Å². The Bertz CT molecular complexity index is 948. The first-order valence-corrected chi connectivity index (χ1v) is 8.93. The first-order valence-electron chi connectivity index (χ1n) is 8.93. The SMILES string of the molecule is Cc1ccc(C(=O)NCCNC(=O)CNC(=O)c2ccc3c(c2)OCO3)cc1F. The Morgan fingerprint density at radius 3 is 2.34 bits per heavy atom. The maximum absolute atomic E-state index is 13.5. The zero-order valence-electron chi connectivity index (χ0n) is 15.7. The van der Waals surface area contributed by atoms with Crippen molar-refractivity contribution in [2.24, 2.45) is 0 Å². The van der Waals surface area contributed by atoms with Crippen LogP contribution in [0.4, 0.5) is 4.39 Å². The fourth-order valence-electron chi connectivity index (χ4n) is 2.58. The average molecular weight is 401 g/mol. The molecular weight excluding hydrogens is 381 g/mol.